The summed E-state index contributed by atoms with van der Waals surface area (Å²) in [6.45, 7) is 0.968. The second-order valence-corrected chi connectivity index (χ2v) is 7.19. The highest BCUT2D eigenvalue weighted by Crippen LogP contribution is 2.24. The Kier molecular flexibility index (Phi) is 6.68. The minimum atomic E-state index is -0.937. The van der Waals surface area contributed by atoms with Gasteiger partial charge in [0.05, 0.1) is 5.56 Å². The smallest absolute Gasteiger partial charge is 0.335 e. The van der Waals surface area contributed by atoms with Crippen molar-refractivity contribution in [1.29, 1.82) is 0 Å². The van der Waals surface area contributed by atoms with Gasteiger partial charge >= 0.3 is 5.97 Å². The van der Waals surface area contributed by atoms with Crippen molar-refractivity contribution in [2.75, 3.05) is 5.32 Å². The monoisotopic (exact) mass is 425 g/mol. The summed E-state index contributed by atoms with van der Waals surface area (Å²) in [4.78, 5) is 11.0. The largest absolute Gasteiger partial charge is 0.489 e. The van der Waals surface area contributed by atoms with Gasteiger partial charge in [0.1, 0.15) is 23.9 Å². The molecule has 0 amide bonds. The second kappa shape index (κ2) is 10.2. The molecule has 0 bridgehead atoms. The van der Waals surface area contributed by atoms with Crippen molar-refractivity contribution in [3.05, 3.63) is 120 Å². The van der Waals surface area contributed by atoms with E-state index in [1.54, 1.807) is 24.3 Å². The minimum absolute atomic E-state index is 0.263. The molecule has 0 spiro atoms. The first kappa shape index (κ1) is 21.0. The summed E-state index contributed by atoms with van der Waals surface area (Å²) in [7, 11) is 0. The van der Waals surface area contributed by atoms with Crippen LogP contribution in [0.3, 0.4) is 0 Å². The average Bonchev–Trinajstić information content (AvgIpc) is 2.84. The molecule has 0 saturated heterocycles. The molecule has 0 unspecified atom stereocenters. The molecule has 2 N–H and O–H groups in total. The van der Waals surface area contributed by atoms with Crippen molar-refractivity contribution in [1.82, 2.24) is 0 Å². The Bertz CT molecular complexity index is 1160. The van der Waals surface area contributed by atoms with Gasteiger partial charge in [-0.05, 0) is 60.2 Å². The summed E-state index contributed by atoms with van der Waals surface area (Å²) in [5.74, 6) is 1.43. The maximum atomic E-state index is 11.0. The molecule has 160 valence electrons. The SMILES string of the molecule is O=C(O)c1ccc(COc2ccccc2CNc2ccc(Oc3ccccc3)cc2)cc1. The summed E-state index contributed by atoms with van der Waals surface area (Å²) < 4.78 is 11.8. The second-order valence-electron chi connectivity index (χ2n) is 7.19. The molecule has 0 heterocycles. The first-order valence-corrected chi connectivity index (χ1v) is 10.3. The van der Waals surface area contributed by atoms with Crippen molar-refractivity contribution in [3.63, 3.8) is 0 Å². The van der Waals surface area contributed by atoms with Crippen LogP contribution in [0.15, 0.2) is 103 Å². The van der Waals surface area contributed by atoms with Gasteiger partial charge in [-0.3, -0.25) is 0 Å². The lowest BCUT2D eigenvalue weighted by Gasteiger charge is -2.13. The van der Waals surface area contributed by atoms with Crippen molar-refractivity contribution >= 4 is 11.7 Å². The number of aromatic carboxylic acids is 1. The fraction of sp³-hybridized carbons (Fsp3) is 0.0741. The van der Waals surface area contributed by atoms with E-state index in [-0.39, 0.29) is 5.56 Å². The van der Waals surface area contributed by atoms with Crippen LogP contribution in [0.4, 0.5) is 5.69 Å². The van der Waals surface area contributed by atoms with Crippen LogP contribution in [0.25, 0.3) is 0 Å². The molecule has 0 aliphatic rings. The number of carboxylic acids is 1. The zero-order valence-corrected chi connectivity index (χ0v) is 17.4. The summed E-state index contributed by atoms with van der Waals surface area (Å²) in [5, 5.41) is 12.4. The highest BCUT2D eigenvalue weighted by molar-refractivity contribution is 5.87. The third kappa shape index (κ3) is 5.67. The molecule has 5 heteroatoms. The van der Waals surface area contributed by atoms with Crippen LogP contribution >= 0.6 is 0 Å². The number of anilines is 1. The maximum Gasteiger partial charge on any atom is 0.335 e. The van der Waals surface area contributed by atoms with Crippen LogP contribution in [-0.4, -0.2) is 11.1 Å². The molecular weight excluding hydrogens is 402 g/mol. The number of hydrogen-bond donors (Lipinski definition) is 2. The van der Waals surface area contributed by atoms with Gasteiger partial charge in [0, 0.05) is 17.8 Å². The lowest BCUT2D eigenvalue weighted by atomic mass is 10.1. The fourth-order valence-electron chi connectivity index (χ4n) is 3.16. The Labute approximate surface area is 186 Å². The van der Waals surface area contributed by atoms with E-state index in [1.165, 1.54) is 0 Å². The molecular formula is C27H23NO4. The zero-order chi connectivity index (χ0) is 22.2. The number of carboxylic acid groups (broad SMARTS) is 1. The lowest BCUT2D eigenvalue weighted by Crippen LogP contribution is -2.04. The van der Waals surface area contributed by atoms with Gasteiger partial charge in [0.2, 0.25) is 0 Å². The Morgan fingerprint density at radius 1 is 0.750 bits per heavy atom. The van der Waals surface area contributed by atoms with E-state index in [9.17, 15) is 4.79 Å². The molecule has 4 aromatic rings. The molecule has 0 aliphatic heterocycles. The van der Waals surface area contributed by atoms with Crippen LogP contribution in [0, 0.1) is 0 Å². The molecule has 0 aliphatic carbocycles. The van der Waals surface area contributed by atoms with E-state index in [4.69, 9.17) is 14.6 Å². The highest BCUT2D eigenvalue weighted by atomic mass is 16.5. The van der Waals surface area contributed by atoms with E-state index in [2.05, 4.69) is 5.32 Å². The first-order chi connectivity index (χ1) is 15.7. The Morgan fingerprint density at radius 2 is 1.41 bits per heavy atom. The summed E-state index contributed by atoms with van der Waals surface area (Å²) in [6.07, 6.45) is 0. The van der Waals surface area contributed by atoms with Gasteiger partial charge in [0.15, 0.2) is 0 Å². The van der Waals surface area contributed by atoms with E-state index in [1.807, 2.05) is 78.9 Å². The van der Waals surface area contributed by atoms with E-state index >= 15 is 0 Å². The number of ether oxygens (including phenoxy) is 2. The van der Waals surface area contributed by atoms with Gasteiger partial charge in [-0.15, -0.1) is 0 Å². The third-order valence-corrected chi connectivity index (χ3v) is 4.88. The number of para-hydroxylation sites is 2. The van der Waals surface area contributed by atoms with Crippen molar-refractivity contribution in [2.24, 2.45) is 0 Å². The van der Waals surface area contributed by atoms with Crippen molar-refractivity contribution < 1.29 is 19.4 Å². The highest BCUT2D eigenvalue weighted by Gasteiger charge is 2.06. The molecule has 4 rings (SSSR count). The van der Waals surface area contributed by atoms with Crippen LogP contribution < -0.4 is 14.8 Å². The molecule has 32 heavy (non-hydrogen) atoms. The van der Waals surface area contributed by atoms with E-state index in [0.717, 1.165) is 34.1 Å². The third-order valence-electron chi connectivity index (χ3n) is 4.88. The van der Waals surface area contributed by atoms with Crippen molar-refractivity contribution in [2.45, 2.75) is 13.2 Å². The van der Waals surface area contributed by atoms with Crippen LogP contribution in [0.1, 0.15) is 21.5 Å². The van der Waals surface area contributed by atoms with Crippen LogP contribution in [-0.2, 0) is 13.2 Å². The zero-order valence-electron chi connectivity index (χ0n) is 17.4. The molecule has 0 radical (unpaired) electrons. The summed E-state index contributed by atoms with van der Waals surface area (Å²) in [5.41, 5.74) is 3.18. The van der Waals surface area contributed by atoms with Gasteiger partial charge in [-0.25, -0.2) is 4.79 Å². The predicted molar refractivity (Wildman–Crippen MR) is 124 cm³/mol. The predicted octanol–water partition coefficient (Wildman–Crippen LogP) is 6.37. The lowest BCUT2D eigenvalue weighted by molar-refractivity contribution is 0.0697. The maximum absolute atomic E-state index is 11.0. The van der Waals surface area contributed by atoms with Crippen LogP contribution in [0.5, 0.6) is 17.2 Å². The normalized spacial score (nSPS) is 10.4. The summed E-state index contributed by atoms with van der Waals surface area (Å²) >= 11 is 0. The number of hydrogen-bond acceptors (Lipinski definition) is 4. The number of nitrogens with one attached hydrogen (secondary N) is 1. The van der Waals surface area contributed by atoms with Gasteiger partial charge in [-0.1, -0.05) is 48.5 Å². The Balaban J connectivity index is 1.34. The van der Waals surface area contributed by atoms with E-state index in [0.29, 0.717) is 13.2 Å². The summed E-state index contributed by atoms with van der Waals surface area (Å²) in [6, 6.07) is 32.0. The Hall–Kier alpha value is -4.25. The van der Waals surface area contributed by atoms with E-state index < -0.39 is 5.97 Å². The average molecular weight is 425 g/mol. The van der Waals surface area contributed by atoms with Crippen molar-refractivity contribution in [3.8, 4) is 17.2 Å². The molecule has 0 atom stereocenters. The Morgan fingerprint density at radius 3 is 2.12 bits per heavy atom. The molecule has 0 saturated carbocycles. The number of rotatable bonds is 9. The van der Waals surface area contributed by atoms with Gasteiger partial charge in [-0.2, -0.15) is 0 Å². The van der Waals surface area contributed by atoms with Crippen LogP contribution in [0.2, 0.25) is 0 Å². The number of benzene rings is 4. The topological polar surface area (TPSA) is 67.8 Å². The van der Waals surface area contributed by atoms with Gasteiger partial charge in [0.25, 0.3) is 0 Å². The fourth-order valence-corrected chi connectivity index (χ4v) is 3.16. The minimum Gasteiger partial charge on any atom is -0.489 e. The molecule has 5 nitrogen and oxygen atoms in total. The first-order valence-electron chi connectivity index (χ1n) is 10.3. The quantitative estimate of drug-likeness (QED) is 0.326. The number of carbonyl (C=O) groups is 1. The standard InChI is InChI=1S/C27H23NO4/c29-27(30)21-12-10-20(11-13-21)19-31-26-9-5-4-6-22(26)18-28-23-14-16-25(17-15-23)32-24-7-2-1-3-8-24/h1-17,28H,18-19H2,(H,29,30). The van der Waals surface area contributed by atoms with Gasteiger partial charge < -0.3 is 19.9 Å². The molecule has 0 fully saturated rings. The molecule has 0 aromatic heterocycles. The molecule has 4 aromatic carbocycles.